The minimum atomic E-state index is -1.14. The van der Waals surface area contributed by atoms with Crippen molar-refractivity contribution in [2.75, 3.05) is 0 Å². The minimum absolute atomic E-state index is 0.609. The van der Waals surface area contributed by atoms with Gasteiger partial charge in [0.1, 0.15) is 5.60 Å². The summed E-state index contributed by atoms with van der Waals surface area (Å²) >= 11 is 0. The molecule has 0 saturated carbocycles. The lowest BCUT2D eigenvalue weighted by atomic mass is 9.97. The van der Waals surface area contributed by atoms with Gasteiger partial charge in [0.2, 0.25) is 0 Å². The Morgan fingerprint density at radius 1 is 1.41 bits per heavy atom. The van der Waals surface area contributed by atoms with Gasteiger partial charge in [-0.3, -0.25) is 4.79 Å². The maximum Gasteiger partial charge on any atom is 0.417 e. The van der Waals surface area contributed by atoms with Gasteiger partial charge in [0.15, 0.2) is 6.10 Å². The van der Waals surface area contributed by atoms with E-state index >= 15 is 0 Å². The third-order valence-corrected chi connectivity index (χ3v) is 2.21. The molecule has 1 saturated heterocycles. The number of ether oxygens (including phenoxy) is 1. The lowest BCUT2D eigenvalue weighted by Gasteiger charge is -2.41. The topological polar surface area (TPSA) is 66.8 Å². The number of amides is 2. The summed E-state index contributed by atoms with van der Waals surface area (Å²) < 4.78 is 5.10. The SMILES string of the molecule is CC(C)=CC1C(O)C(=O)N1C(=O)OC(C)(C)C. The van der Waals surface area contributed by atoms with E-state index in [0.29, 0.717) is 0 Å². The van der Waals surface area contributed by atoms with Crippen LogP contribution in [-0.4, -0.2) is 39.8 Å². The molecule has 5 heteroatoms. The molecule has 0 spiro atoms. The monoisotopic (exact) mass is 241 g/mol. The number of rotatable bonds is 1. The Kier molecular flexibility index (Phi) is 3.62. The number of hydrogen-bond acceptors (Lipinski definition) is 4. The zero-order valence-electron chi connectivity index (χ0n) is 10.9. The Labute approximate surface area is 101 Å². The fourth-order valence-corrected chi connectivity index (χ4v) is 1.52. The van der Waals surface area contributed by atoms with Crippen molar-refractivity contribution in [2.24, 2.45) is 0 Å². The summed E-state index contributed by atoms with van der Waals surface area (Å²) in [6.45, 7) is 8.84. The van der Waals surface area contributed by atoms with E-state index in [2.05, 4.69) is 0 Å². The number of carbonyl (C=O) groups is 2. The molecule has 1 aliphatic rings. The summed E-state index contributed by atoms with van der Waals surface area (Å²) in [6, 6.07) is -0.609. The molecule has 1 rings (SSSR count). The number of allylic oxidation sites excluding steroid dienone is 1. The number of aliphatic hydroxyl groups excluding tert-OH is 1. The van der Waals surface area contributed by atoms with Crippen LogP contribution in [0.15, 0.2) is 11.6 Å². The zero-order chi connectivity index (χ0) is 13.4. The number of likely N-dealkylation sites (tertiary alicyclic amines) is 1. The highest BCUT2D eigenvalue weighted by molar-refractivity contribution is 6.01. The standard InChI is InChI=1S/C12H19NO4/c1-7(2)6-8-9(14)10(15)13(8)11(16)17-12(3,4)5/h6,8-9,14H,1-5H3. The molecule has 17 heavy (non-hydrogen) atoms. The number of hydrogen-bond donors (Lipinski definition) is 1. The number of imide groups is 1. The van der Waals surface area contributed by atoms with Gasteiger partial charge >= 0.3 is 6.09 Å². The Hall–Kier alpha value is -1.36. The lowest BCUT2D eigenvalue weighted by molar-refractivity contribution is -0.159. The normalized spacial score (nSPS) is 24.1. The van der Waals surface area contributed by atoms with Crippen molar-refractivity contribution in [2.45, 2.75) is 52.4 Å². The van der Waals surface area contributed by atoms with Crippen LogP contribution in [0.3, 0.4) is 0 Å². The van der Waals surface area contributed by atoms with Crippen molar-refractivity contribution >= 4 is 12.0 Å². The van der Waals surface area contributed by atoms with E-state index in [0.717, 1.165) is 10.5 Å². The molecule has 2 atom stereocenters. The van der Waals surface area contributed by atoms with E-state index in [-0.39, 0.29) is 0 Å². The van der Waals surface area contributed by atoms with Gasteiger partial charge in [-0.15, -0.1) is 0 Å². The van der Waals surface area contributed by atoms with Crippen LogP contribution in [0.4, 0.5) is 4.79 Å². The third-order valence-electron chi connectivity index (χ3n) is 2.21. The molecule has 0 aromatic carbocycles. The zero-order valence-corrected chi connectivity index (χ0v) is 10.9. The molecule has 0 aliphatic carbocycles. The largest absolute Gasteiger partial charge is 0.443 e. The van der Waals surface area contributed by atoms with E-state index in [4.69, 9.17) is 4.74 Å². The Balaban J connectivity index is 2.79. The number of β-lactam (4-membered cyclic amide) rings is 1. The fraction of sp³-hybridized carbons (Fsp3) is 0.667. The second kappa shape index (κ2) is 4.49. The molecule has 1 aliphatic heterocycles. The summed E-state index contributed by atoms with van der Waals surface area (Å²) in [6.07, 6.45) is -0.177. The number of carbonyl (C=O) groups excluding carboxylic acids is 2. The van der Waals surface area contributed by atoms with E-state index in [1.165, 1.54) is 0 Å². The summed E-state index contributed by atoms with van der Waals surface area (Å²) in [5, 5.41) is 9.50. The predicted octanol–water partition coefficient (Wildman–Crippen LogP) is 1.46. The first-order valence-electron chi connectivity index (χ1n) is 5.52. The van der Waals surface area contributed by atoms with Crippen LogP contribution in [-0.2, 0) is 9.53 Å². The first kappa shape index (κ1) is 13.7. The van der Waals surface area contributed by atoms with Crippen LogP contribution >= 0.6 is 0 Å². The van der Waals surface area contributed by atoms with Crippen LogP contribution in [0.25, 0.3) is 0 Å². The van der Waals surface area contributed by atoms with E-state index in [1.54, 1.807) is 26.8 Å². The van der Waals surface area contributed by atoms with Crippen molar-refractivity contribution in [3.05, 3.63) is 11.6 Å². The maximum atomic E-state index is 11.7. The molecule has 1 N–H and O–H groups in total. The van der Waals surface area contributed by atoms with Gasteiger partial charge in [-0.1, -0.05) is 11.6 Å². The third kappa shape index (κ3) is 3.06. The average Bonchev–Trinajstić information content (AvgIpc) is 2.12. The smallest absolute Gasteiger partial charge is 0.417 e. The minimum Gasteiger partial charge on any atom is -0.443 e. The molecule has 1 heterocycles. The molecular weight excluding hydrogens is 222 g/mol. The van der Waals surface area contributed by atoms with Crippen LogP contribution < -0.4 is 0 Å². The van der Waals surface area contributed by atoms with Gasteiger partial charge < -0.3 is 9.84 Å². The first-order chi connectivity index (χ1) is 7.63. The van der Waals surface area contributed by atoms with Crippen molar-refractivity contribution in [1.29, 1.82) is 0 Å². The van der Waals surface area contributed by atoms with Crippen molar-refractivity contribution in [3.8, 4) is 0 Å². The van der Waals surface area contributed by atoms with E-state index in [1.807, 2.05) is 13.8 Å². The molecule has 0 aromatic heterocycles. The highest BCUT2D eigenvalue weighted by atomic mass is 16.6. The second-order valence-corrected chi connectivity index (χ2v) is 5.37. The highest BCUT2D eigenvalue weighted by Gasteiger charge is 2.50. The predicted molar refractivity (Wildman–Crippen MR) is 62.3 cm³/mol. The Bertz CT molecular complexity index is 363. The Morgan fingerprint density at radius 2 is 1.94 bits per heavy atom. The van der Waals surface area contributed by atoms with Gasteiger partial charge in [-0.25, -0.2) is 9.69 Å². The van der Waals surface area contributed by atoms with E-state index < -0.39 is 29.7 Å². The quantitative estimate of drug-likeness (QED) is 0.557. The average molecular weight is 241 g/mol. The van der Waals surface area contributed by atoms with Crippen LogP contribution in [0.2, 0.25) is 0 Å². The summed E-state index contributed by atoms with van der Waals surface area (Å²) in [5.41, 5.74) is 0.267. The second-order valence-electron chi connectivity index (χ2n) is 5.37. The lowest BCUT2D eigenvalue weighted by Crippen LogP contribution is -2.66. The van der Waals surface area contributed by atoms with Gasteiger partial charge in [-0.05, 0) is 34.6 Å². The van der Waals surface area contributed by atoms with Crippen LogP contribution in [0, 0.1) is 0 Å². The van der Waals surface area contributed by atoms with Crippen LogP contribution in [0.5, 0.6) is 0 Å². The maximum absolute atomic E-state index is 11.7. The van der Waals surface area contributed by atoms with Gasteiger partial charge in [0.25, 0.3) is 5.91 Å². The van der Waals surface area contributed by atoms with Crippen molar-refractivity contribution in [1.82, 2.24) is 4.90 Å². The van der Waals surface area contributed by atoms with E-state index in [9.17, 15) is 14.7 Å². The molecule has 0 radical (unpaired) electrons. The molecule has 2 amide bonds. The summed E-state index contributed by atoms with van der Waals surface area (Å²) in [4.78, 5) is 24.1. The fourth-order valence-electron chi connectivity index (χ4n) is 1.52. The molecule has 5 nitrogen and oxygen atoms in total. The van der Waals surface area contributed by atoms with Gasteiger partial charge in [-0.2, -0.15) is 0 Å². The number of nitrogens with zero attached hydrogens (tertiary/aromatic N) is 1. The summed E-state index contributed by atoms with van der Waals surface area (Å²) in [7, 11) is 0. The highest BCUT2D eigenvalue weighted by Crippen LogP contribution is 2.25. The van der Waals surface area contributed by atoms with Gasteiger partial charge in [0.05, 0.1) is 6.04 Å². The first-order valence-corrected chi connectivity index (χ1v) is 5.52. The molecule has 1 fully saturated rings. The van der Waals surface area contributed by atoms with Crippen molar-refractivity contribution in [3.63, 3.8) is 0 Å². The van der Waals surface area contributed by atoms with Crippen molar-refractivity contribution < 1.29 is 19.4 Å². The molecular formula is C12H19NO4. The van der Waals surface area contributed by atoms with Crippen LogP contribution in [0.1, 0.15) is 34.6 Å². The molecule has 96 valence electrons. The van der Waals surface area contributed by atoms with Gasteiger partial charge in [0, 0.05) is 0 Å². The molecule has 0 bridgehead atoms. The summed E-state index contributed by atoms with van der Waals surface area (Å²) in [5.74, 6) is -0.609. The number of aliphatic hydroxyl groups is 1. The molecule has 0 aromatic rings. The molecule has 2 unspecified atom stereocenters. The Morgan fingerprint density at radius 3 is 2.35 bits per heavy atom.